The zero-order valence-corrected chi connectivity index (χ0v) is 18.2. The molecule has 0 saturated heterocycles. The highest BCUT2D eigenvalue weighted by Crippen LogP contribution is 2.21. The number of carbonyl (C=O) groups excluding carboxylic acids is 2. The number of esters is 1. The van der Waals surface area contributed by atoms with Crippen LogP contribution < -0.4 is 0 Å². The Morgan fingerprint density at radius 1 is 1.29 bits per heavy atom. The second kappa shape index (κ2) is 12.7. The number of hydrogen-bond donors (Lipinski definition) is 1. The number of ether oxygens (including phenoxy) is 1. The normalized spacial score (nSPS) is 28.9. The van der Waals surface area contributed by atoms with Crippen LogP contribution in [0, 0.1) is 17.8 Å². The van der Waals surface area contributed by atoms with Crippen LogP contribution in [0.15, 0.2) is 36.0 Å². The fourth-order valence-electron chi connectivity index (χ4n) is 3.35. The van der Waals surface area contributed by atoms with Crippen molar-refractivity contribution < 1.29 is 19.4 Å². The van der Waals surface area contributed by atoms with E-state index in [-0.39, 0.29) is 29.5 Å². The maximum atomic E-state index is 12.4. The van der Waals surface area contributed by atoms with Crippen LogP contribution in [0.2, 0.25) is 0 Å². The predicted octanol–water partition coefficient (Wildman–Crippen LogP) is 5.17. The van der Waals surface area contributed by atoms with E-state index < -0.39 is 12.2 Å². The minimum Gasteiger partial charge on any atom is -0.455 e. The number of carbonyl (C=O) groups is 2. The third kappa shape index (κ3) is 9.01. The van der Waals surface area contributed by atoms with Crippen molar-refractivity contribution in [3.8, 4) is 0 Å². The lowest BCUT2D eigenvalue weighted by molar-refractivity contribution is -0.156. The van der Waals surface area contributed by atoms with E-state index in [1.54, 1.807) is 13.0 Å². The molecule has 0 fully saturated rings. The van der Waals surface area contributed by atoms with Crippen molar-refractivity contribution in [1.29, 1.82) is 0 Å². The van der Waals surface area contributed by atoms with E-state index in [1.807, 2.05) is 13.0 Å². The van der Waals surface area contributed by atoms with E-state index in [0.717, 1.165) is 19.3 Å². The fraction of sp³-hybridized carbons (Fsp3) is 0.667. The summed E-state index contributed by atoms with van der Waals surface area (Å²) in [5, 5.41) is 10.7. The van der Waals surface area contributed by atoms with Crippen LogP contribution in [-0.4, -0.2) is 29.1 Å². The Kier molecular flexibility index (Phi) is 11.1. The summed E-state index contributed by atoms with van der Waals surface area (Å²) in [6.07, 6.45) is 12.6. The first-order valence-electron chi connectivity index (χ1n) is 10.7. The zero-order chi connectivity index (χ0) is 21.1. The Hall–Kier alpha value is -1.68. The van der Waals surface area contributed by atoms with Crippen LogP contribution in [0.25, 0.3) is 0 Å². The summed E-state index contributed by atoms with van der Waals surface area (Å²) in [5.74, 6) is -0.323. The molecule has 1 heterocycles. The van der Waals surface area contributed by atoms with Crippen LogP contribution in [0.5, 0.6) is 0 Å². The molecule has 4 heteroatoms. The van der Waals surface area contributed by atoms with Gasteiger partial charge in [0.2, 0.25) is 0 Å². The quantitative estimate of drug-likeness (QED) is 0.286. The summed E-state index contributed by atoms with van der Waals surface area (Å²) >= 11 is 0. The van der Waals surface area contributed by atoms with Gasteiger partial charge in [-0.15, -0.1) is 0 Å². The molecule has 158 valence electrons. The summed E-state index contributed by atoms with van der Waals surface area (Å²) in [6.45, 7) is 9.94. The van der Waals surface area contributed by atoms with Crippen LogP contribution >= 0.6 is 0 Å². The van der Waals surface area contributed by atoms with Crippen molar-refractivity contribution in [1.82, 2.24) is 0 Å². The van der Waals surface area contributed by atoms with Crippen LogP contribution in [0.1, 0.15) is 73.1 Å². The Morgan fingerprint density at radius 3 is 2.68 bits per heavy atom. The topological polar surface area (TPSA) is 63.6 Å². The van der Waals surface area contributed by atoms with Crippen LogP contribution in [-0.2, 0) is 14.3 Å². The summed E-state index contributed by atoms with van der Waals surface area (Å²) in [4.78, 5) is 24.5. The minimum absolute atomic E-state index is 0.0000180. The van der Waals surface area contributed by atoms with Gasteiger partial charge in [0.1, 0.15) is 11.9 Å². The molecule has 0 aromatic heterocycles. The number of allylic oxidation sites excluding steroid dienone is 5. The summed E-state index contributed by atoms with van der Waals surface area (Å²) in [6, 6.07) is 0. The first-order chi connectivity index (χ1) is 13.2. The largest absolute Gasteiger partial charge is 0.455 e. The molecule has 0 spiro atoms. The molecule has 1 aliphatic heterocycles. The Balaban J connectivity index is 2.83. The number of hydrogen-bond acceptors (Lipinski definition) is 4. The SMILES string of the molecule is C[13C](/[13CH]=C/[13CH2][13CH3])=[13CH]\[13C@@H](C)[13CH2][13C@@H](O)[13C@@H]1/[13CH]=[13CH]/[13CH2][13CH2][13C@H](C)C(=O)[13CH2][13CH2][C@H]([13CH3])C(=O)O1. The average molecular weight is 407 g/mol. The lowest BCUT2D eigenvalue weighted by atomic mass is 10.4. The molecule has 0 aromatic rings. The van der Waals surface area contributed by atoms with Crippen molar-refractivity contribution in [2.75, 3.05) is 0 Å². The van der Waals surface area contributed by atoms with E-state index >= 15 is 0 Å². The average Bonchev–Trinajstić information content (AvgIpc) is 2.64. The maximum absolute atomic E-state index is 12.4. The third-order valence-corrected chi connectivity index (χ3v) is 5.28. The number of rotatable bonds is 6. The number of ketones is 1. The lowest BCUT2D eigenvalue weighted by Crippen LogP contribution is -2.33. The van der Waals surface area contributed by atoms with Crippen molar-refractivity contribution in [2.45, 2.75) is 85.4 Å². The second-order valence-corrected chi connectivity index (χ2v) is 8.22. The summed E-state index contributed by atoms with van der Waals surface area (Å²) < 4.78 is 5.61. The number of Topliss-reactive ketones (excluding diaryl/α,β-unsaturated/α-hetero) is 1. The first-order valence-corrected chi connectivity index (χ1v) is 10.7. The molecule has 1 N–H and O–H groups in total. The first kappa shape index (κ1) is 24.4. The molecule has 5 atom stereocenters. The minimum atomic E-state index is -0.761. The molecule has 28 heavy (non-hydrogen) atoms. The van der Waals surface area contributed by atoms with E-state index in [2.05, 4.69) is 39.0 Å². The zero-order valence-electron chi connectivity index (χ0n) is 18.2. The highest BCUT2D eigenvalue weighted by Gasteiger charge is 2.26. The van der Waals surface area contributed by atoms with Gasteiger partial charge in [0, 0.05) is 12.3 Å². The Morgan fingerprint density at radius 2 is 2.00 bits per heavy atom. The summed E-state index contributed by atoms with van der Waals surface area (Å²) in [7, 11) is 0. The van der Waals surface area contributed by atoms with E-state index in [9.17, 15) is 14.7 Å². The molecule has 0 unspecified atom stereocenters. The van der Waals surface area contributed by atoms with Gasteiger partial charge >= 0.3 is 5.97 Å². The van der Waals surface area contributed by atoms with Crippen molar-refractivity contribution in [3.05, 3.63) is 36.0 Å². The van der Waals surface area contributed by atoms with E-state index in [4.69, 9.17) is 4.74 Å². The van der Waals surface area contributed by atoms with Gasteiger partial charge in [-0.1, -0.05) is 57.6 Å². The standard InChI is InChI=1S/C24H38O4/c1-6-7-10-17(2)15-18(3)16-22(26)23-12-9-8-11-19(4)21(25)14-13-20(5)24(27)28-23/h7,9-10,12,15,18-20,22-23,26H,6,8,11,13-14,16H2,1-5H3/b10-7+,12-9+,17-15+/t18-,19+,20+,22-,23+/m1/s1/i1+1,5+1,6+1,8+1,9+1,10+1,11+1,12+1,13+1,14+1,15+1,16+1,17+1,18+1,19+1,22+1,23+1. The molecule has 0 bridgehead atoms. The molecule has 1 aliphatic rings. The fourth-order valence-corrected chi connectivity index (χ4v) is 3.35. The van der Waals surface area contributed by atoms with Gasteiger partial charge in [0.25, 0.3) is 0 Å². The third-order valence-electron chi connectivity index (χ3n) is 5.28. The molecular formula is C24H38O4. The Bertz CT molecular complexity index is 587. The summed E-state index contributed by atoms with van der Waals surface area (Å²) in [5.41, 5.74) is 1.17. The molecule has 0 aromatic carbocycles. The van der Waals surface area contributed by atoms with Gasteiger partial charge in [-0.3, -0.25) is 9.59 Å². The Labute approximate surface area is 170 Å². The molecular weight excluding hydrogens is 369 g/mol. The molecule has 0 saturated carbocycles. The smallest absolute Gasteiger partial charge is 0.309 e. The van der Waals surface area contributed by atoms with Gasteiger partial charge in [-0.25, -0.2) is 0 Å². The van der Waals surface area contributed by atoms with Gasteiger partial charge in [0.15, 0.2) is 0 Å². The predicted molar refractivity (Wildman–Crippen MR) is 114 cm³/mol. The number of cyclic esters (lactones) is 1. The number of aliphatic hydroxyl groups is 1. The van der Waals surface area contributed by atoms with Crippen molar-refractivity contribution in [3.63, 3.8) is 0 Å². The molecule has 1 rings (SSSR count). The molecule has 4 nitrogen and oxygen atoms in total. The monoisotopic (exact) mass is 407 g/mol. The van der Waals surface area contributed by atoms with Gasteiger partial charge in [0.05, 0.1) is 12.0 Å². The van der Waals surface area contributed by atoms with Gasteiger partial charge in [-0.05, 0) is 51.0 Å². The van der Waals surface area contributed by atoms with E-state index in [1.165, 1.54) is 5.57 Å². The second-order valence-electron chi connectivity index (χ2n) is 8.22. The van der Waals surface area contributed by atoms with Gasteiger partial charge < -0.3 is 9.84 Å². The molecule has 0 amide bonds. The maximum Gasteiger partial charge on any atom is 0.309 e. The van der Waals surface area contributed by atoms with Gasteiger partial charge in [-0.2, -0.15) is 0 Å². The van der Waals surface area contributed by atoms with Crippen LogP contribution in [0.3, 0.4) is 0 Å². The molecule has 0 aliphatic carbocycles. The highest BCUT2D eigenvalue weighted by atomic mass is 16.6. The number of aliphatic hydroxyl groups excluding tert-OH is 1. The highest BCUT2D eigenvalue weighted by molar-refractivity contribution is 5.81. The van der Waals surface area contributed by atoms with Crippen molar-refractivity contribution in [2.24, 2.45) is 17.8 Å². The lowest BCUT2D eigenvalue weighted by Gasteiger charge is -2.24. The van der Waals surface area contributed by atoms with Crippen molar-refractivity contribution >= 4 is 11.8 Å². The molecule has 0 radical (unpaired) electrons. The van der Waals surface area contributed by atoms with E-state index in [0.29, 0.717) is 19.3 Å². The van der Waals surface area contributed by atoms with Crippen LogP contribution in [0.4, 0.5) is 0 Å².